The van der Waals surface area contributed by atoms with Crippen LogP contribution in [0.5, 0.6) is 11.5 Å². The number of hydrogen-bond acceptors (Lipinski definition) is 5. The minimum Gasteiger partial charge on any atom is -0.493 e. The molecular formula is C18H21NO4. The van der Waals surface area contributed by atoms with Crippen LogP contribution in [-0.4, -0.2) is 55.6 Å². The van der Waals surface area contributed by atoms with E-state index in [0.717, 1.165) is 5.56 Å². The van der Waals surface area contributed by atoms with Crippen LogP contribution in [0, 0.1) is 0 Å². The van der Waals surface area contributed by atoms with Gasteiger partial charge in [0.25, 0.3) is 0 Å². The van der Waals surface area contributed by atoms with Gasteiger partial charge in [-0.25, -0.2) is 0 Å². The molecule has 1 spiro atoms. The number of ketones is 1. The largest absolute Gasteiger partial charge is 0.493 e. The summed E-state index contributed by atoms with van der Waals surface area (Å²) < 4.78 is 50.6. The molecule has 0 amide bonds. The second-order valence-corrected chi connectivity index (χ2v) is 7.13. The van der Waals surface area contributed by atoms with Crippen LogP contribution in [0.4, 0.5) is 0 Å². The number of likely N-dealkylation sites (N-methyl/N-ethyl adjacent to an activating group) is 1. The number of benzene rings is 1. The number of likely N-dealkylation sites (tertiary alicyclic amines) is 1. The Labute approximate surface area is 142 Å². The number of piperidine rings is 1. The van der Waals surface area contributed by atoms with Gasteiger partial charge in [0.05, 0.1) is 23.5 Å². The monoisotopic (exact) mass is 320 g/mol. The summed E-state index contributed by atoms with van der Waals surface area (Å²) in [6.07, 6.45) is -0.575. The van der Waals surface area contributed by atoms with Gasteiger partial charge in [-0.3, -0.25) is 4.79 Å². The van der Waals surface area contributed by atoms with Crippen LogP contribution in [0.15, 0.2) is 12.1 Å². The Hall–Kier alpha value is -1.59. The van der Waals surface area contributed by atoms with E-state index in [1.807, 2.05) is 7.05 Å². The van der Waals surface area contributed by atoms with Gasteiger partial charge < -0.3 is 19.5 Å². The molecule has 4 aliphatic rings. The molecular weight excluding hydrogens is 294 g/mol. The van der Waals surface area contributed by atoms with E-state index in [-0.39, 0.29) is 29.7 Å². The van der Waals surface area contributed by atoms with Gasteiger partial charge in [-0.15, -0.1) is 0 Å². The van der Waals surface area contributed by atoms with Crippen LogP contribution in [0.25, 0.3) is 0 Å². The first kappa shape index (κ1) is 9.64. The molecule has 2 aliphatic carbocycles. The molecule has 2 heterocycles. The molecule has 2 bridgehead atoms. The van der Waals surface area contributed by atoms with Crippen molar-refractivity contribution in [2.45, 2.75) is 48.8 Å². The van der Waals surface area contributed by atoms with Gasteiger partial charge in [0.2, 0.25) is 1.43 Å². The van der Waals surface area contributed by atoms with Gasteiger partial charge in [0.1, 0.15) is 0 Å². The number of carbonyl (C=O) groups excluding carboxylic acids is 1. The highest BCUT2D eigenvalue weighted by molar-refractivity contribution is 5.90. The number of aliphatic hydroxyl groups is 1. The van der Waals surface area contributed by atoms with E-state index in [9.17, 15) is 4.79 Å². The molecule has 5 heteroatoms. The average molecular weight is 320 g/mol. The quantitative estimate of drug-likeness (QED) is 0.883. The second-order valence-electron chi connectivity index (χ2n) is 7.13. The Morgan fingerprint density at radius 1 is 1.57 bits per heavy atom. The van der Waals surface area contributed by atoms with Crippen molar-refractivity contribution >= 4 is 5.78 Å². The third kappa shape index (κ3) is 1.32. The van der Waals surface area contributed by atoms with Crippen molar-refractivity contribution in [2.24, 2.45) is 0 Å². The second kappa shape index (κ2) is 4.08. The molecule has 23 heavy (non-hydrogen) atoms. The average Bonchev–Trinajstić information content (AvgIpc) is 2.90. The Morgan fingerprint density at radius 3 is 3.30 bits per heavy atom. The molecule has 5 nitrogen and oxygen atoms in total. The van der Waals surface area contributed by atoms with Crippen molar-refractivity contribution in [1.82, 2.24) is 4.90 Å². The third-order valence-electron chi connectivity index (χ3n) is 6.36. The Bertz CT molecular complexity index is 891. The fourth-order valence-electron chi connectivity index (χ4n) is 5.34. The zero-order valence-corrected chi connectivity index (χ0v) is 12.8. The number of Topliss-reactive ketones (excluding diaryl/α,β-unsaturated/α-hetero) is 1. The lowest BCUT2D eigenvalue weighted by Crippen LogP contribution is -2.76. The highest BCUT2D eigenvalue weighted by Gasteiger charge is 2.72. The predicted octanol–water partition coefficient (Wildman–Crippen LogP) is 1.05. The highest BCUT2D eigenvalue weighted by atomic mass is 16.5. The van der Waals surface area contributed by atoms with Crippen molar-refractivity contribution < 1.29 is 24.9 Å². The van der Waals surface area contributed by atoms with Crippen LogP contribution in [0.2, 0.25) is 0 Å². The lowest BCUT2D eigenvalue weighted by atomic mass is 9.49. The number of ether oxygens (including phenoxy) is 2. The SMILES string of the molecule is [2H]O[C@@]12CCC(=O)C3([2H])Oc4c(OC([2H])([2H])[2H])ccc5c4[C@@]31CCN(C)[C@@H]2C5. The zero-order valence-electron chi connectivity index (χ0n) is 17.8. The molecule has 2 aliphatic heterocycles. The van der Waals surface area contributed by atoms with Crippen LogP contribution in [0.1, 0.15) is 35.9 Å². The van der Waals surface area contributed by atoms with Crippen molar-refractivity contribution in [3.63, 3.8) is 0 Å². The fraction of sp³-hybridized carbons (Fsp3) is 0.611. The first-order valence-corrected chi connectivity index (χ1v) is 8.02. The summed E-state index contributed by atoms with van der Waals surface area (Å²) in [5.41, 5.74) is -0.729. The molecule has 122 valence electrons. The van der Waals surface area contributed by atoms with E-state index >= 15 is 0 Å². The van der Waals surface area contributed by atoms with E-state index in [1.165, 1.54) is 6.07 Å². The maximum Gasteiger partial charge on any atom is 0.211 e. The smallest absolute Gasteiger partial charge is 0.211 e. The summed E-state index contributed by atoms with van der Waals surface area (Å²) >= 11 is 0. The molecule has 2 fully saturated rings. The van der Waals surface area contributed by atoms with Crippen molar-refractivity contribution in [3.05, 3.63) is 23.3 Å². The standard InChI is InChI=1S/C18H21NO4/c1-19-8-7-17-14-10-3-4-12(22-2)15(14)23-16(17)11(20)5-6-18(17,21)13(19)9-10/h3-4,13,16,21H,5-9H2,1-2H3/t13-,16?,17+,18-/m1/s1/i2D3,16D,21D. The van der Waals surface area contributed by atoms with Crippen molar-refractivity contribution in [1.29, 1.82) is 1.43 Å². The topological polar surface area (TPSA) is 59.0 Å². The summed E-state index contributed by atoms with van der Waals surface area (Å²) in [5, 5.41) is 5.43. The Balaban J connectivity index is 1.83. The number of hydrogen-bond donors (Lipinski definition) is 1. The zero-order chi connectivity index (χ0) is 20.1. The lowest BCUT2D eigenvalue weighted by Gasteiger charge is -2.62. The van der Waals surface area contributed by atoms with Gasteiger partial charge in [0.15, 0.2) is 23.4 Å². The fourth-order valence-corrected chi connectivity index (χ4v) is 5.34. The van der Waals surface area contributed by atoms with Crippen LogP contribution >= 0.6 is 0 Å². The first-order valence-electron chi connectivity index (χ1n) is 10.4. The maximum absolute atomic E-state index is 13.0. The molecule has 5 rings (SSSR count). The van der Waals surface area contributed by atoms with E-state index in [1.54, 1.807) is 6.07 Å². The number of rotatable bonds is 2. The van der Waals surface area contributed by atoms with Gasteiger partial charge in [-0.1, -0.05) is 6.07 Å². The minimum absolute atomic E-state index is 0.00166. The molecule has 1 N–H and O–H groups in total. The lowest BCUT2D eigenvalue weighted by molar-refractivity contribution is -0.185. The summed E-state index contributed by atoms with van der Waals surface area (Å²) in [6, 6.07) is 3.15. The summed E-state index contributed by atoms with van der Waals surface area (Å²) in [6.45, 7) is 0.621. The number of methoxy groups -OCH3 is 1. The Kier molecular flexibility index (Phi) is 1.71. The van der Waals surface area contributed by atoms with Crippen molar-refractivity contribution in [3.8, 4) is 11.5 Å². The van der Waals surface area contributed by atoms with Gasteiger partial charge in [-0.05, 0) is 44.5 Å². The molecule has 0 radical (unpaired) electrons. The maximum atomic E-state index is 13.0. The van der Waals surface area contributed by atoms with E-state index in [4.69, 9.17) is 21.5 Å². The Morgan fingerprint density at radius 2 is 2.48 bits per heavy atom. The van der Waals surface area contributed by atoms with E-state index in [2.05, 4.69) is 4.90 Å². The summed E-state index contributed by atoms with van der Waals surface area (Å²) in [4.78, 5) is 15.1. The first-order chi connectivity index (χ1) is 13.1. The third-order valence-corrected chi connectivity index (χ3v) is 6.36. The minimum atomic E-state index is -2.69. The molecule has 1 aromatic carbocycles. The van der Waals surface area contributed by atoms with Gasteiger partial charge >= 0.3 is 0 Å². The highest BCUT2D eigenvalue weighted by Crippen LogP contribution is 2.64. The van der Waals surface area contributed by atoms with Crippen LogP contribution < -0.4 is 9.47 Å². The predicted molar refractivity (Wildman–Crippen MR) is 83.0 cm³/mol. The molecule has 4 atom stereocenters. The molecule has 1 saturated carbocycles. The number of nitrogens with zero attached hydrogens (tertiary/aromatic N) is 1. The molecule has 1 unspecified atom stereocenters. The van der Waals surface area contributed by atoms with E-state index in [0.29, 0.717) is 31.4 Å². The molecule has 1 aromatic rings. The van der Waals surface area contributed by atoms with E-state index < -0.39 is 24.1 Å². The number of carbonyl (C=O) groups is 1. The van der Waals surface area contributed by atoms with Gasteiger partial charge in [0, 0.05) is 18.0 Å². The normalized spacial score (nSPS) is 47.4. The van der Waals surface area contributed by atoms with Crippen LogP contribution in [0.3, 0.4) is 0 Å². The van der Waals surface area contributed by atoms with Crippen molar-refractivity contribution in [2.75, 3.05) is 20.6 Å². The van der Waals surface area contributed by atoms with Crippen LogP contribution in [-0.2, 0) is 16.6 Å². The molecule has 0 aromatic heterocycles. The summed E-state index contributed by atoms with van der Waals surface area (Å²) in [5.74, 6) is -0.228. The van der Waals surface area contributed by atoms with Gasteiger partial charge in [-0.2, -0.15) is 0 Å². The molecule has 1 saturated heterocycles. The summed E-state index contributed by atoms with van der Waals surface area (Å²) in [7, 11) is -0.722.